The highest BCUT2D eigenvalue weighted by atomic mass is 16.5. The van der Waals surface area contributed by atoms with Gasteiger partial charge in [0.25, 0.3) is 5.91 Å². The van der Waals surface area contributed by atoms with E-state index in [1.165, 1.54) is 6.20 Å². The van der Waals surface area contributed by atoms with E-state index in [1.54, 1.807) is 6.07 Å². The summed E-state index contributed by atoms with van der Waals surface area (Å²) in [5.74, 6) is 4.73. The third-order valence-electron chi connectivity index (χ3n) is 3.16. The van der Waals surface area contributed by atoms with Crippen LogP contribution in [-0.4, -0.2) is 42.1 Å². The molecule has 1 fully saturated rings. The van der Waals surface area contributed by atoms with Gasteiger partial charge in [-0.1, -0.05) is 0 Å². The van der Waals surface area contributed by atoms with E-state index >= 15 is 0 Å². The first-order valence-corrected chi connectivity index (χ1v) is 5.94. The summed E-state index contributed by atoms with van der Waals surface area (Å²) < 4.78 is 5.35. The number of nitrogens with one attached hydrogen (secondary N) is 1. The lowest BCUT2D eigenvalue weighted by Crippen LogP contribution is -2.32. The van der Waals surface area contributed by atoms with Crippen LogP contribution >= 0.6 is 0 Å². The maximum atomic E-state index is 11.3. The first-order chi connectivity index (χ1) is 8.70. The molecule has 0 aliphatic carbocycles. The van der Waals surface area contributed by atoms with Crippen LogP contribution < -0.4 is 11.3 Å². The highest BCUT2D eigenvalue weighted by molar-refractivity contribution is 5.93. The number of carbonyl (C=O) groups is 1. The molecule has 1 unspecified atom stereocenters. The molecule has 6 nitrogen and oxygen atoms in total. The molecular weight excluding hydrogens is 232 g/mol. The minimum Gasteiger partial charge on any atom is -0.380 e. The van der Waals surface area contributed by atoms with Crippen LogP contribution in [0.4, 0.5) is 0 Å². The maximum Gasteiger partial charge on any atom is 0.266 e. The molecule has 2 heterocycles. The van der Waals surface area contributed by atoms with Crippen LogP contribution in [0, 0.1) is 0 Å². The number of aromatic nitrogens is 1. The summed E-state index contributed by atoms with van der Waals surface area (Å²) in [6, 6.07) is 4.03. The minimum absolute atomic E-state index is 0.327. The highest BCUT2D eigenvalue weighted by Gasteiger charge is 2.20. The summed E-state index contributed by atoms with van der Waals surface area (Å²) in [5.41, 5.74) is 3.47. The third-order valence-corrected chi connectivity index (χ3v) is 3.16. The Balaban J connectivity index is 1.95. The van der Waals surface area contributed by atoms with Gasteiger partial charge in [-0.25, -0.2) is 5.84 Å². The standard InChI is InChI=1S/C12H18N4O2/c1-16(11-4-5-18-8-11)7-10-3-2-9(6-14-10)12(17)15-13/h2-3,6,11H,4-5,7-8,13H2,1H3,(H,15,17). The lowest BCUT2D eigenvalue weighted by atomic mass is 10.2. The van der Waals surface area contributed by atoms with E-state index in [4.69, 9.17) is 10.6 Å². The molecule has 0 saturated carbocycles. The number of hydrogen-bond donors (Lipinski definition) is 2. The number of ether oxygens (including phenoxy) is 1. The van der Waals surface area contributed by atoms with Crippen LogP contribution in [-0.2, 0) is 11.3 Å². The highest BCUT2D eigenvalue weighted by Crippen LogP contribution is 2.13. The van der Waals surface area contributed by atoms with E-state index < -0.39 is 0 Å². The van der Waals surface area contributed by atoms with E-state index in [0.717, 1.165) is 31.9 Å². The van der Waals surface area contributed by atoms with Crippen molar-refractivity contribution in [2.75, 3.05) is 20.3 Å². The molecule has 0 radical (unpaired) electrons. The average Bonchev–Trinajstić information content (AvgIpc) is 2.92. The van der Waals surface area contributed by atoms with Gasteiger partial charge in [0.15, 0.2) is 0 Å². The predicted octanol–water partition coefficient (Wildman–Crippen LogP) is -0.0942. The van der Waals surface area contributed by atoms with Crippen LogP contribution in [0.15, 0.2) is 18.3 Å². The number of hydrazine groups is 1. The van der Waals surface area contributed by atoms with Crippen LogP contribution in [0.1, 0.15) is 22.5 Å². The van der Waals surface area contributed by atoms with Gasteiger partial charge in [0, 0.05) is 25.4 Å². The molecule has 98 valence electrons. The first-order valence-electron chi connectivity index (χ1n) is 5.94. The van der Waals surface area contributed by atoms with E-state index in [2.05, 4.69) is 22.4 Å². The number of rotatable bonds is 4. The molecule has 1 amide bonds. The summed E-state index contributed by atoms with van der Waals surface area (Å²) in [7, 11) is 2.06. The van der Waals surface area contributed by atoms with E-state index in [9.17, 15) is 4.79 Å². The Morgan fingerprint density at radius 3 is 3.06 bits per heavy atom. The smallest absolute Gasteiger partial charge is 0.266 e. The molecule has 1 aliphatic rings. The summed E-state index contributed by atoms with van der Waals surface area (Å²) in [6.07, 6.45) is 2.60. The Morgan fingerprint density at radius 1 is 1.67 bits per heavy atom. The zero-order valence-corrected chi connectivity index (χ0v) is 10.4. The van der Waals surface area contributed by atoms with Crippen molar-refractivity contribution >= 4 is 5.91 Å². The number of carbonyl (C=O) groups excluding carboxylic acids is 1. The van der Waals surface area contributed by atoms with Crippen LogP contribution in [0.25, 0.3) is 0 Å². The Labute approximate surface area is 106 Å². The Morgan fingerprint density at radius 2 is 2.50 bits per heavy atom. The van der Waals surface area contributed by atoms with Crippen molar-refractivity contribution in [1.82, 2.24) is 15.3 Å². The van der Waals surface area contributed by atoms with Crippen molar-refractivity contribution in [2.24, 2.45) is 5.84 Å². The molecule has 1 saturated heterocycles. The molecule has 1 aliphatic heterocycles. The quantitative estimate of drug-likeness (QED) is 0.443. The van der Waals surface area contributed by atoms with Crippen molar-refractivity contribution in [3.8, 4) is 0 Å². The van der Waals surface area contributed by atoms with Crippen molar-refractivity contribution in [3.63, 3.8) is 0 Å². The van der Waals surface area contributed by atoms with E-state index in [0.29, 0.717) is 11.6 Å². The topological polar surface area (TPSA) is 80.5 Å². The van der Waals surface area contributed by atoms with Gasteiger partial charge < -0.3 is 4.74 Å². The second-order valence-corrected chi connectivity index (χ2v) is 4.44. The van der Waals surface area contributed by atoms with Crippen molar-refractivity contribution in [3.05, 3.63) is 29.6 Å². The second kappa shape index (κ2) is 5.90. The second-order valence-electron chi connectivity index (χ2n) is 4.44. The van der Waals surface area contributed by atoms with E-state index in [1.807, 2.05) is 6.07 Å². The monoisotopic (exact) mass is 250 g/mol. The van der Waals surface area contributed by atoms with Gasteiger partial charge in [0.1, 0.15) is 0 Å². The molecule has 2 rings (SSSR count). The first kappa shape index (κ1) is 12.9. The summed E-state index contributed by atoms with van der Waals surface area (Å²) in [4.78, 5) is 17.7. The van der Waals surface area contributed by atoms with E-state index in [-0.39, 0.29) is 5.91 Å². The van der Waals surface area contributed by atoms with Gasteiger partial charge in [-0.15, -0.1) is 0 Å². The number of nitrogen functional groups attached to an aromatic ring is 1. The molecule has 1 aromatic rings. The molecule has 0 aromatic carbocycles. The van der Waals surface area contributed by atoms with Crippen LogP contribution in [0.3, 0.4) is 0 Å². The van der Waals surface area contributed by atoms with Gasteiger partial charge in [0.05, 0.1) is 17.9 Å². The zero-order valence-electron chi connectivity index (χ0n) is 10.4. The zero-order chi connectivity index (χ0) is 13.0. The average molecular weight is 250 g/mol. The minimum atomic E-state index is -0.327. The summed E-state index contributed by atoms with van der Waals surface area (Å²) >= 11 is 0. The molecule has 1 aromatic heterocycles. The fourth-order valence-electron chi connectivity index (χ4n) is 1.99. The fourth-order valence-corrected chi connectivity index (χ4v) is 1.99. The molecular formula is C12H18N4O2. The van der Waals surface area contributed by atoms with Gasteiger partial charge in [0.2, 0.25) is 0 Å². The lowest BCUT2D eigenvalue weighted by Gasteiger charge is -2.22. The molecule has 6 heteroatoms. The van der Waals surface area contributed by atoms with Crippen molar-refractivity contribution in [2.45, 2.75) is 19.0 Å². The number of nitrogens with zero attached hydrogens (tertiary/aromatic N) is 2. The van der Waals surface area contributed by atoms with Crippen LogP contribution in [0.5, 0.6) is 0 Å². The SMILES string of the molecule is CN(Cc1ccc(C(=O)NN)cn1)C1CCOC1. The molecule has 3 N–H and O–H groups in total. The molecule has 0 bridgehead atoms. The maximum absolute atomic E-state index is 11.3. The lowest BCUT2D eigenvalue weighted by molar-refractivity contribution is 0.0953. The van der Waals surface area contributed by atoms with Crippen LogP contribution in [0.2, 0.25) is 0 Å². The Kier molecular flexibility index (Phi) is 4.24. The number of amides is 1. The van der Waals surface area contributed by atoms with Gasteiger partial charge in [-0.2, -0.15) is 0 Å². The Bertz CT molecular complexity index is 401. The molecule has 1 atom stereocenters. The Hall–Kier alpha value is -1.50. The third kappa shape index (κ3) is 3.04. The van der Waals surface area contributed by atoms with Crippen molar-refractivity contribution in [1.29, 1.82) is 0 Å². The summed E-state index contributed by atoms with van der Waals surface area (Å²) in [6.45, 7) is 2.36. The number of pyridine rings is 1. The van der Waals surface area contributed by atoms with Crippen molar-refractivity contribution < 1.29 is 9.53 Å². The van der Waals surface area contributed by atoms with Gasteiger partial charge >= 0.3 is 0 Å². The largest absolute Gasteiger partial charge is 0.380 e. The van der Waals surface area contributed by atoms with Gasteiger partial charge in [-0.3, -0.25) is 20.1 Å². The molecule has 18 heavy (non-hydrogen) atoms. The van der Waals surface area contributed by atoms with Gasteiger partial charge in [-0.05, 0) is 25.6 Å². The fraction of sp³-hybridized carbons (Fsp3) is 0.500. The normalized spacial score (nSPS) is 19.2. The number of likely N-dealkylation sites (N-methyl/N-ethyl adjacent to an activating group) is 1. The molecule has 0 spiro atoms. The predicted molar refractivity (Wildman–Crippen MR) is 66.6 cm³/mol. The number of nitrogens with two attached hydrogens (primary N) is 1. The number of hydrogen-bond acceptors (Lipinski definition) is 5. The summed E-state index contributed by atoms with van der Waals surface area (Å²) in [5, 5.41) is 0.